The Kier molecular flexibility index (Phi) is 5.83. The lowest BCUT2D eigenvalue weighted by atomic mass is 10.2. The van der Waals surface area contributed by atoms with Crippen LogP contribution in [0.15, 0.2) is 58.3 Å². The van der Waals surface area contributed by atoms with E-state index < -0.39 is 11.8 Å². The Labute approximate surface area is 158 Å². The molecule has 0 aliphatic carbocycles. The number of carbonyl (C=O) groups is 2. The van der Waals surface area contributed by atoms with Crippen molar-refractivity contribution in [3.05, 3.63) is 48.5 Å². The Bertz CT molecular complexity index is 815. The van der Waals surface area contributed by atoms with Crippen LogP contribution in [0.3, 0.4) is 0 Å². The molecule has 136 valence electrons. The van der Waals surface area contributed by atoms with E-state index in [9.17, 15) is 18.4 Å². The number of thioether (sulfide) groups is 2. The second-order valence-electron chi connectivity index (χ2n) is 5.57. The van der Waals surface area contributed by atoms with Gasteiger partial charge in [0.05, 0.1) is 12.1 Å². The lowest BCUT2D eigenvalue weighted by Crippen LogP contribution is -2.34. The quantitative estimate of drug-likeness (QED) is 0.579. The van der Waals surface area contributed by atoms with E-state index in [4.69, 9.17) is 0 Å². The number of rotatable bonds is 6. The molecule has 0 spiro atoms. The van der Waals surface area contributed by atoms with E-state index in [1.165, 1.54) is 24.3 Å². The fourth-order valence-corrected chi connectivity index (χ4v) is 3.67. The Morgan fingerprint density at radius 1 is 1.12 bits per heavy atom. The van der Waals surface area contributed by atoms with Crippen molar-refractivity contribution in [1.29, 1.82) is 0 Å². The number of benzene rings is 2. The van der Waals surface area contributed by atoms with Gasteiger partial charge >= 0.3 is 0 Å². The summed E-state index contributed by atoms with van der Waals surface area (Å²) < 4.78 is 24.8. The Balaban J connectivity index is 1.74. The van der Waals surface area contributed by atoms with Crippen LogP contribution in [0.4, 0.5) is 20.2 Å². The van der Waals surface area contributed by atoms with Gasteiger partial charge in [-0.3, -0.25) is 9.59 Å². The molecule has 1 aliphatic heterocycles. The highest BCUT2D eigenvalue weighted by Gasteiger charge is 2.39. The summed E-state index contributed by atoms with van der Waals surface area (Å²) in [6.07, 6.45) is 2.01. The Morgan fingerprint density at radius 2 is 1.85 bits per heavy atom. The number of hydrogen-bond acceptors (Lipinski definition) is 5. The highest BCUT2D eigenvalue weighted by Crippen LogP contribution is 2.30. The highest BCUT2D eigenvalue weighted by molar-refractivity contribution is 7.99. The molecule has 8 heteroatoms. The van der Waals surface area contributed by atoms with Gasteiger partial charge in [0, 0.05) is 15.5 Å². The van der Waals surface area contributed by atoms with Crippen LogP contribution in [0.2, 0.25) is 0 Å². The first-order valence-corrected chi connectivity index (χ1v) is 9.90. The smallest absolute Gasteiger partial charge is 0.288 e. The molecule has 0 radical (unpaired) electrons. The summed E-state index contributed by atoms with van der Waals surface area (Å²) in [6.45, 7) is 0. The fourth-order valence-electron chi connectivity index (χ4n) is 2.71. The van der Waals surface area contributed by atoms with Crippen LogP contribution < -0.4 is 10.2 Å². The number of imide groups is 1. The lowest BCUT2D eigenvalue weighted by Gasteiger charge is -2.16. The molecule has 1 aliphatic rings. The van der Waals surface area contributed by atoms with Gasteiger partial charge in [-0.1, -0.05) is 17.8 Å². The van der Waals surface area contributed by atoms with Crippen molar-refractivity contribution < 1.29 is 18.4 Å². The molecule has 0 saturated carbocycles. The maximum absolute atomic E-state index is 12.7. The molecule has 4 nitrogen and oxygen atoms in total. The standard InChI is InChI=1S/C18H16F2N2O2S2/c1-25-14-4-2-3-11(9-14)21-15-10-16(23)22(17(15)24)12-5-7-13(8-6-12)26-18(19)20/h2-9,15,18,21H,10H2,1H3/t15-/m1/s1. The molecule has 2 aromatic carbocycles. The van der Waals surface area contributed by atoms with Crippen molar-refractivity contribution >= 4 is 46.7 Å². The minimum Gasteiger partial charge on any atom is -0.373 e. The highest BCUT2D eigenvalue weighted by atomic mass is 32.2. The summed E-state index contributed by atoms with van der Waals surface area (Å²) >= 11 is 2.01. The molecule has 1 fully saturated rings. The normalized spacial score (nSPS) is 17.2. The first-order valence-electron chi connectivity index (χ1n) is 7.80. The lowest BCUT2D eigenvalue weighted by molar-refractivity contribution is -0.121. The number of hydrogen-bond donors (Lipinski definition) is 1. The topological polar surface area (TPSA) is 49.4 Å². The third kappa shape index (κ3) is 4.19. The Hall–Kier alpha value is -2.06. The van der Waals surface area contributed by atoms with E-state index in [2.05, 4.69) is 5.32 Å². The third-order valence-electron chi connectivity index (χ3n) is 3.88. The molecule has 0 aromatic heterocycles. The summed E-state index contributed by atoms with van der Waals surface area (Å²) in [7, 11) is 0. The fraction of sp³-hybridized carbons (Fsp3) is 0.222. The molecule has 26 heavy (non-hydrogen) atoms. The van der Waals surface area contributed by atoms with E-state index >= 15 is 0 Å². The number of halogens is 2. The zero-order valence-corrected chi connectivity index (χ0v) is 15.4. The second-order valence-corrected chi connectivity index (χ2v) is 7.52. The molecule has 0 unspecified atom stereocenters. The van der Waals surface area contributed by atoms with Crippen LogP contribution in [0.25, 0.3) is 0 Å². The Morgan fingerprint density at radius 3 is 2.50 bits per heavy atom. The van der Waals surface area contributed by atoms with Gasteiger partial charge < -0.3 is 5.32 Å². The number of nitrogens with one attached hydrogen (secondary N) is 1. The predicted octanol–water partition coefficient (Wildman–Crippen LogP) is 4.47. The number of amides is 2. The summed E-state index contributed by atoms with van der Waals surface area (Å²) in [5.74, 6) is -3.18. The minimum atomic E-state index is -2.51. The average Bonchev–Trinajstić information content (AvgIpc) is 2.89. The van der Waals surface area contributed by atoms with Crippen molar-refractivity contribution in [2.24, 2.45) is 0 Å². The van der Waals surface area contributed by atoms with Gasteiger partial charge in [-0.2, -0.15) is 8.78 Å². The van der Waals surface area contributed by atoms with E-state index in [0.717, 1.165) is 15.5 Å². The minimum absolute atomic E-state index is 0.0515. The zero-order valence-electron chi connectivity index (χ0n) is 13.8. The molecule has 1 N–H and O–H groups in total. The maximum Gasteiger partial charge on any atom is 0.288 e. The van der Waals surface area contributed by atoms with Crippen molar-refractivity contribution in [2.45, 2.75) is 28.0 Å². The summed E-state index contributed by atoms with van der Waals surface area (Å²) in [6, 6.07) is 12.9. The predicted molar refractivity (Wildman–Crippen MR) is 101 cm³/mol. The van der Waals surface area contributed by atoms with Gasteiger partial charge in [-0.15, -0.1) is 11.8 Å². The number of carbonyl (C=O) groups excluding carboxylic acids is 2. The molecular formula is C18H16F2N2O2S2. The largest absolute Gasteiger partial charge is 0.373 e. The number of nitrogens with zero attached hydrogens (tertiary/aromatic N) is 1. The van der Waals surface area contributed by atoms with E-state index in [1.54, 1.807) is 11.8 Å². The molecule has 0 bridgehead atoms. The van der Waals surface area contributed by atoms with E-state index in [1.807, 2.05) is 30.5 Å². The number of anilines is 2. The van der Waals surface area contributed by atoms with Crippen molar-refractivity contribution in [3.63, 3.8) is 0 Å². The molecule has 1 atom stereocenters. The van der Waals surface area contributed by atoms with Gasteiger partial charge in [0.1, 0.15) is 6.04 Å². The molecular weight excluding hydrogens is 378 g/mol. The van der Waals surface area contributed by atoms with Gasteiger partial charge in [0.25, 0.3) is 11.7 Å². The van der Waals surface area contributed by atoms with Crippen molar-refractivity contribution in [3.8, 4) is 0 Å². The first-order chi connectivity index (χ1) is 12.5. The molecule has 1 heterocycles. The maximum atomic E-state index is 12.7. The van der Waals surface area contributed by atoms with E-state index in [0.29, 0.717) is 22.3 Å². The van der Waals surface area contributed by atoms with Gasteiger partial charge in [0.2, 0.25) is 5.91 Å². The second kappa shape index (κ2) is 8.09. The van der Waals surface area contributed by atoms with Gasteiger partial charge in [-0.05, 0) is 48.7 Å². The molecule has 2 amide bonds. The van der Waals surface area contributed by atoms with Crippen LogP contribution in [0.5, 0.6) is 0 Å². The van der Waals surface area contributed by atoms with E-state index in [-0.39, 0.29) is 18.2 Å². The first kappa shape index (κ1) is 18.7. The number of alkyl halides is 2. The monoisotopic (exact) mass is 394 g/mol. The molecule has 3 rings (SSSR count). The van der Waals surface area contributed by atoms with Crippen LogP contribution in [-0.4, -0.2) is 29.9 Å². The van der Waals surface area contributed by atoms with Crippen molar-refractivity contribution in [1.82, 2.24) is 0 Å². The van der Waals surface area contributed by atoms with Crippen molar-refractivity contribution in [2.75, 3.05) is 16.5 Å². The van der Waals surface area contributed by atoms with Crippen LogP contribution in [-0.2, 0) is 9.59 Å². The molecule has 1 saturated heterocycles. The summed E-state index contributed by atoms with van der Waals surface area (Å²) in [5.41, 5.74) is 1.16. The zero-order chi connectivity index (χ0) is 18.7. The average molecular weight is 394 g/mol. The summed E-state index contributed by atoms with van der Waals surface area (Å²) in [5, 5.41) is 3.10. The molecule has 2 aromatic rings. The van der Waals surface area contributed by atoms with Crippen LogP contribution in [0.1, 0.15) is 6.42 Å². The van der Waals surface area contributed by atoms with Crippen LogP contribution >= 0.6 is 23.5 Å². The third-order valence-corrected chi connectivity index (χ3v) is 5.33. The van der Waals surface area contributed by atoms with Crippen LogP contribution in [0, 0.1) is 0 Å². The SMILES string of the molecule is CSc1cccc(N[C@@H]2CC(=O)N(c3ccc(SC(F)F)cc3)C2=O)c1. The van der Waals surface area contributed by atoms with Gasteiger partial charge in [-0.25, -0.2) is 4.90 Å². The summed E-state index contributed by atoms with van der Waals surface area (Å²) in [4.78, 5) is 27.5. The van der Waals surface area contributed by atoms with Gasteiger partial charge in [0.15, 0.2) is 0 Å².